The molecule has 0 aliphatic heterocycles. The Morgan fingerprint density at radius 2 is 1.70 bits per heavy atom. The summed E-state index contributed by atoms with van der Waals surface area (Å²) < 4.78 is 49.6. The van der Waals surface area contributed by atoms with Crippen LogP contribution < -0.4 is 19.5 Å². The molecule has 7 nitrogen and oxygen atoms in total. The SMILES string of the molecule is COc1cc(CCNC(=O)[C@@H](NS(C)(=O)=O)C(C)C)ccc1OCCCc1ccc(F)cc1. The molecule has 2 rings (SSSR count). The van der Waals surface area contributed by atoms with E-state index in [4.69, 9.17) is 9.47 Å². The van der Waals surface area contributed by atoms with Crippen molar-refractivity contribution in [2.45, 2.75) is 39.2 Å². The van der Waals surface area contributed by atoms with Gasteiger partial charge in [0.1, 0.15) is 11.9 Å². The summed E-state index contributed by atoms with van der Waals surface area (Å²) in [5.74, 6) is 0.438. The van der Waals surface area contributed by atoms with Gasteiger partial charge in [-0.25, -0.2) is 17.5 Å². The van der Waals surface area contributed by atoms with E-state index in [1.807, 2.05) is 18.2 Å². The Balaban J connectivity index is 1.84. The first-order valence-corrected chi connectivity index (χ1v) is 12.8. The molecule has 0 saturated carbocycles. The van der Waals surface area contributed by atoms with E-state index in [2.05, 4.69) is 10.0 Å². The van der Waals surface area contributed by atoms with Gasteiger partial charge in [-0.3, -0.25) is 4.79 Å². The summed E-state index contributed by atoms with van der Waals surface area (Å²) in [6.07, 6.45) is 3.15. The molecule has 0 unspecified atom stereocenters. The van der Waals surface area contributed by atoms with Gasteiger partial charge in [0, 0.05) is 6.54 Å². The molecule has 0 aromatic heterocycles. The van der Waals surface area contributed by atoms with Gasteiger partial charge >= 0.3 is 0 Å². The molecule has 0 saturated heterocycles. The molecule has 0 heterocycles. The van der Waals surface area contributed by atoms with E-state index in [1.165, 1.54) is 12.1 Å². The normalized spacial score (nSPS) is 12.4. The monoisotopic (exact) mass is 480 g/mol. The fraction of sp³-hybridized carbons (Fsp3) is 0.458. The van der Waals surface area contributed by atoms with Crippen LogP contribution >= 0.6 is 0 Å². The number of carbonyl (C=O) groups excluding carboxylic acids is 1. The average Bonchev–Trinajstić information content (AvgIpc) is 2.76. The number of halogens is 1. The molecule has 2 N–H and O–H groups in total. The second kappa shape index (κ2) is 12.6. The molecular formula is C24H33FN2O5S. The quantitative estimate of drug-likeness (QED) is 0.430. The number of nitrogens with one attached hydrogen (secondary N) is 2. The van der Waals surface area contributed by atoms with E-state index in [-0.39, 0.29) is 17.6 Å². The Morgan fingerprint density at radius 3 is 2.30 bits per heavy atom. The maximum absolute atomic E-state index is 13.0. The van der Waals surface area contributed by atoms with E-state index >= 15 is 0 Å². The molecule has 0 radical (unpaired) electrons. The van der Waals surface area contributed by atoms with Gasteiger partial charge in [-0.2, -0.15) is 0 Å². The van der Waals surface area contributed by atoms with Crippen molar-refractivity contribution in [2.75, 3.05) is 26.5 Å². The van der Waals surface area contributed by atoms with Crippen LogP contribution in [0.25, 0.3) is 0 Å². The minimum absolute atomic E-state index is 0.181. The minimum Gasteiger partial charge on any atom is -0.493 e. The van der Waals surface area contributed by atoms with Crippen molar-refractivity contribution in [1.82, 2.24) is 10.0 Å². The van der Waals surface area contributed by atoms with Crippen LogP contribution in [0.1, 0.15) is 31.4 Å². The summed E-state index contributed by atoms with van der Waals surface area (Å²) in [5, 5.41) is 2.79. The number of rotatable bonds is 13. The number of hydrogen-bond donors (Lipinski definition) is 2. The minimum atomic E-state index is -3.49. The first kappa shape index (κ1) is 26.6. The highest BCUT2D eigenvalue weighted by Crippen LogP contribution is 2.28. The highest BCUT2D eigenvalue weighted by Gasteiger charge is 2.24. The Bertz CT molecular complexity index is 1010. The largest absolute Gasteiger partial charge is 0.493 e. The summed E-state index contributed by atoms with van der Waals surface area (Å²) >= 11 is 0. The van der Waals surface area contributed by atoms with E-state index in [0.29, 0.717) is 31.1 Å². The van der Waals surface area contributed by atoms with Crippen LogP contribution in [0.2, 0.25) is 0 Å². The van der Waals surface area contributed by atoms with E-state index < -0.39 is 16.1 Å². The number of amides is 1. The first-order valence-electron chi connectivity index (χ1n) is 10.9. The number of ether oxygens (including phenoxy) is 2. The highest BCUT2D eigenvalue weighted by atomic mass is 32.2. The lowest BCUT2D eigenvalue weighted by atomic mass is 10.0. The average molecular weight is 481 g/mol. The van der Waals surface area contributed by atoms with Crippen molar-refractivity contribution in [3.05, 3.63) is 59.4 Å². The number of methoxy groups -OCH3 is 1. The molecule has 0 fully saturated rings. The van der Waals surface area contributed by atoms with Gasteiger partial charge in [0.2, 0.25) is 15.9 Å². The van der Waals surface area contributed by atoms with Crippen molar-refractivity contribution in [3.63, 3.8) is 0 Å². The second-order valence-electron chi connectivity index (χ2n) is 8.22. The summed E-state index contributed by atoms with van der Waals surface area (Å²) in [7, 11) is -1.92. The van der Waals surface area contributed by atoms with E-state index in [9.17, 15) is 17.6 Å². The van der Waals surface area contributed by atoms with Gasteiger partial charge in [0.15, 0.2) is 11.5 Å². The van der Waals surface area contributed by atoms with Crippen LogP contribution in [0.4, 0.5) is 4.39 Å². The molecule has 0 spiro atoms. The molecular weight excluding hydrogens is 447 g/mol. The van der Waals surface area contributed by atoms with Crippen LogP contribution in [0, 0.1) is 11.7 Å². The fourth-order valence-corrected chi connectivity index (χ4v) is 4.10. The van der Waals surface area contributed by atoms with Gasteiger partial charge in [-0.05, 0) is 60.6 Å². The van der Waals surface area contributed by atoms with Gasteiger partial charge in [0.05, 0.1) is 20.0 Å². The molecule has 9 heteroatoms. The third kappa shape index (κ3) is 9.39. The van der Waals surface area contributed by atoms with Crippen LogP contribution in [0.5, 0.6) is 11.5 Å². The molecule has 1 amide bonds. The van der Waals surface area contributed by atoms with Gasteiger partial charge < -0.3 is 14.8 Å². The molecule has 33 heavy (non-hydrogen) atoms. The number of hydrogen-bond acceptors (Lipinski definition) is 5. The molecule has 0 aliphatic rings. The predicted octanol–water partition coefficient (Wildman–Crippen LogP) is 3.08. The topological polar surface area (TPSA) is 93.7 Å². The molecule has 0 bridgehead atoms. The maximum atomic E-state index is 13.0. The van der Waals surface area contributed by atoms with Crippen LogP contribution in [0.3, 0.4) is 0 Å². The summed E-state index contributed by atoms with van der Waals surface area (Å²) in [6, 6.07) is 11.2. The lowest BCUT2D eigenvalue weighted by molar-refractivity contribution is -0.123. The standard InChI is InChI=1S/C24H33FN2O5S/c1-17(2)23(27-33(4,29)30)24(28)26-14-13-19-9-12-21(22(16-19)31-3)32-15-5-6-18-7-10-20(25)11-8-18/h7-12,16-17,23,27H,5-6,13-15H2,1-4H3,(H,26,28)/t23-/m0/s1. The zero-order valence-electron chi connectivity index (χ0n) is 19.6. The molecule has 1 atom stereocenters. The number of aryl methyl sites for hydroxylation is 1. The fourth-order valence-electron chi connectivity index (χ4n) is 3.26. The third-order valence-electron chi connectivity index (χ3n) is 5.01. The molecule has 0 aliphatic carbocycles. The lowest BCUT2D eigenvalue weighted by Crippen LogP contribution is -2.49. The molecule has 2 aromatic rings. The zero-order valence-corrected chi connectivity index (χ0v) is 20.4. The molecule has 182 valence electrons. The smallest absolute Gasteiger partial charge is 0.238 e. The Hall–Kier alpha value is -2.65. The Morgan fingerprint density at radius 1 is 1.03 bits per heavy atom. The first-order chi connectivity index (χ1) is 15.6. The predicted molar refractivity (Wildman–Crippen MR) is 127 cm³/mol. The summed E-state index contributed by atoms with van der Waals surface area (Å²) in [5.41, 5.74) is 2.00. The Kier molecular flexibility index (Phi) is 10.1. The maximum Gasteiger partial charge on any atom is 0.238 e. The summed E-state index contributed by atoms with van der Waals surface area (Å²) in [6.45, 7) is 4.42. The van der Waals surface area contributed by atoms with Crippen LogP contribution in [-0.2, 0) is 27.7 Å². The third-order valence-corrected chi connectivity index (χ3v) is 5.69. The molecule has 2 aromatic carbocycles. The van der Waals surface area contributed by atoms with Crippen LogP contribution in [0.15, 0.2) is 42.5 Å². The van der Waals surface area contributed by atoms with E-state index in [0.717, 1.165) is 30.2 Å². The van der Waals surface area contributed by atoms with E-state index in [1.54, 1.807) is 33.1 Å². The van der Waals surface area contributed by atoms with Gasteiger partial charge in [-0.15, -0.1) is 0 Å². The zero-order chi connectivity index (χ0) is 24.4. The van der Waals surface area contributed by atoms with Crippen molar-refractivity contribution in [1.29, 1.82) is 0 Å². The van der Waals surface area contributed by atoms with Crippen molar-refractivity contribution in [3.8, 4) is 11.5 Å². The van der Waals surface area contributed by atoms with Crippen LogP contribution in [-0.4, -0.2) is 46.9 Å². The number of sulfonamides is 1. The van der Waals surface area contributed by atoms with Crippen molar-refractivity contribution in [2.24, 2.45) is 5.92 Å². The van der Waals surface area contributed by atoms with Crippen molar-refractivity contribution >= 4 is 15.9 Å². The van der Waals surface area contributed by atoms with Gasteiger partial charge in [-0.1, -0.05) is 32.0 Å². The second-order valence-corrected chi connectivity index (χ2v) is 10.00. The van der Waals surface area contributed by atoms with Crippen molar-refractivity contribution < 1.29 is 27.1 Å². The summed E-state index contributed by atoms with van der Waals surface area (Å²) in [4.78, 5) is 12.4. The Labute approximate surface area is 195 Å². The number of carbonyl (C=O) groups is 1. The lowest BCUT2D eigenvalue weighted by Gasteiger charge is -2.20. The number of benzene rings is 2. The van der Waals surface area contributed by atoms with Gasteiger partial charge in [0.25, 0.3) is 0 Å². The highest BCUT2D eigenvalue weighted by molar-refractivity contribution is 7.88.